The van der Waals surface area contributed by atoms with Crippen molar-refractivity contribution in [3.05, 3.63) is 69.8 Å². The highest BCUT2D eigenvalue weighted by Gasteiger charge is 2.10. The number of hydrazone groups is 1. The second kappa shape index (κ2) is 6.22. The molecule has 0 atom stereocenters. The maximum atomic E-state index is 12.2. The Balaban J connectivity index is 1.77. The molecule has 2 N–H and O–H groups in total. The van der Waals surface area contributed by atoms with E-state index in [4.69, 9.17) is 23.2 Å². The monoisotopic (exact) mass is 331 g/mol. The number of benzene rings is 2. The Morgan fingerprint density at radius 1 is 1.14 bits per heavy atom. The maximum absolute atomic E-state index is 12.2. The first kappa shape index (κ1) is 14.6. The number of aromatic nitrogens is 1. The van der Waals surface area contributed by atoms with E-state index >= 15 is 0 Å². The Kier molecular flexibility index (Phi) is 4.13. The van der Waals surface area contributed by atoms with Crippen LogP contribution in [0.1, 0.15) is 15.9 Å². The molecule has 0 saturated carbocycles. The Morgan fingerprint density at radius 2 is 1.95 bits per heavy atom. The molecule has 110 valence electrons. The summed E-state index contributed by atoms with van der Waals surface area (Å²) in [6.07, 6.45) is 3.11. The lowest BCUT2D eigenvalue weighted by molar-refractivity contribution is 0.0957. The molecule has 3 rings (SSSR count). The van der Waals surface area contributed by atoms with Crippen LogP contribution in [0, 0.1) is 0 Å². The first-order valence-corrected chi connectivity index (χ1v) is 7.26. The SMILES string of the molecule is O=C(NN=Cc1cccc(Cl)c1Cl)c1c[nH]c2ccccc12. The largest absolute Gasteiger partial charge is 0.360 e. The number of aromatic amines is 1. The Morgan fingerprint density at radius 3 is 2.82 bits per heavy atom. The zero-order valence-electron chi connectivity index (χ0n) is 11.3. The van der Waals surface area contributed by atoms with Gasteiger partial charge in [-0.3, -0.25) is 4.79 Å². The van der Waals surface area contributed by atoms with Gasteiger partial charge in [0, 0.05) is 22.7 Å². The summed E-state index contributed by atoms with van der Waals surface area (Å²) in [4.78, 5) is 15.2. The molecule has 0 radical (unpaired) electrons. The molecule has 0 saturated heterocycles. The number of halogens is 2. The van der Waals surface area contributed by atoms with E-state index in [0.29, 0.717) is 21.2 Å². The normalized spacial score (nSPS) is 11.2. The van der Waals surface area contributed by atoms with E-state index in [-0.39, 0.29) is 5.91 Å². The average molecular weight is 332 g/mol. The fourth-order valence-electron chi connectivity index (χ4n) is 2.10. The lowest BCUT2D eigenvalue weighted by atomic mass is 10.2. The molecule has 1 aromatic heterocycles. The van der Waals surface area contributed by atoms with Crippen molar-refractivity contribution < 1.29 is 4.79 Å². The van der Waals surface area contributed by atoms with Crippen LogP contribution in [0.4, 0.5) is 0 Å². The first-order valence-electron chi connectivity index (χ1n) is 6.50. The van der Waals surface area contributed by atoms with Crippen LogP contribution in [0.3, 0.4) is 0 Å². The van der Waals surface area contributed by atoms with Gasteiger partial charge in [-0.25, -0.2) is 5.43 Å². The van der Waals surface area contributed by atoms with Gasteiger partial charge in [0.15, 0.2) is 0 Å². The van der Waals surface area contributed by atoms with Crippen LogP contribution in [0.25, 0.3) is 10.9 Å². The van der Waals surface area contributed by atoms with Gasteiger partial charge in [-0.2, -0.15) is 5.10 Å². The fourth-order valence-corrected chi connectivity index (χ4v) is 2.46. The highest BCUT2D eigenvalue weighted by Crippen LogP contribution is 2.24. The number of H-pyrrole nitrogens is 1. The van der Waals surface area contributed by atoms with Crippen molar-refractivity contribution in [3.8, 4) is 0 Å². The third-order valence-electron chi connectivity index (χ3n) is 3.19. The van der Waals surface area contributed by atoms with Crippen molar-refractivity contribution in [2.45, 2.75) is 0 Å². The van der Waals surface area contributed by atoms with Crippen LogP contribution in [-0.4, -0.2) is 17.1 Å². The van der Waals surface area contributed by atoms with Gasteiger partial charge in [0.05, 0.1) is 21.8 Å². The van der Waals surface area contributed by atoms with Gasteiger partial charge < -0.3 is 4.98 Å². The standard InChI is InChI=1S/C16H11Cl2N3O/c17-13-6-3-4-10(15(13)18)8-20-21-16(22)12-9-19-14-7-2-1-5-11(12)14/h1-9,19H,(H,21,22). The van der Waals surface area contributed by atoms with Crippen molar-refractivity contribution in [2.24, 2.45) is 5.10 Å². The van der Waals surface area contributed by atoms with Gasteiger partial charge in [-0.1, -0.05) is 53.5 Å². The number of carbonyl (C=O) groups is 1. The number of rotatable bonds is 3. The minimum absolute atomic E-state index is 0.299. The molecule has 0 unspecified atom stereocenters. The second-order valence-electron chi connectivity index (χ2n) is 4.59. The quantitative estimate of drug-likeness (QED) is 0.547. The lowest BCUT2D eigenvalue weighted by Gasteiger charge is -2.00. The topological polar surface area (TPSA) is 57.2 Å². The van der Waals surface area contributed by atoms with E-state index in [9.17, 15) is 4.79 Å². The Labute approximate surface area is 136 Å². The van der Waals surface area contributed by atoms with Crippen molar-refractivity contribution in [1.82, 2.24) is 10.4 Å². The van der Waals surface area contributed by atoms with Crippen LogP contribution >= 0.6 is 23.2 Å². The number of nitrogens with one attached hydrogen (secondary N) is 2. The molecule has 3 aromatic rings. The zero-order chi connectivity index (χ0) is 15.5. The molecule has 0 aliphatic carbocycles. The number of para-hydroxylation sites is 1. The molecule has 0 bridgehead atoms. The molecule has 1 amide bonds. The molecule has 0 spiro atoms. The molecular weight excluding hydrogens is 321 g/mol. The van der Waals surface area contributed by atoms with Gasteiger partial charge in [0.25, 0.3) is 5.91 Å². The van der Waals surface area contributed by atoms with Crippen molar-refractivity contribution in [1.29, 1.82) is 0 Å². The molecule has 6 heteroatoms. The Bertz CT molecular complexity index is 871. The molecule has 1 heterocycles. The van der Waals surface area contributed by atoms with Crippen molar-refractivity contribution in [3.63, 3.8) is 0 Å². The van der Waals surface area contributed by atoms with Crippen LogP contribution in [0.5, 0.6) is 0 Å². The summed E-state index contributed by atoms with van der Waals surface area (Å²) < 4.78 is 0. The smallest absolute Gasteiger partial charge is 0.273 e. The molecule has 2 aromatic carbocycles. The summed E-state index contributed by atoms with van der Waals surface area (Å²) in [5, 5.41) is 5.60. The fraction of sp³-hybridized carbons (Fsp3) is 0. The Hall–Kier alpha value is -2.30. The zero-order valence-corrected chi connectivity index (χ0v) is 12.8. The van der Waals surface area contributed by atoms with E-state index in [1.165, 1.54) is 6.21 Å². The number of hydrogen-bond donors (Lipinski definition) is 2. The molecule has 4 nitrogen and oxygen atoms in total. The lowest BCUT2D eigenvalue weighted by Crippen LogP contribution is -2.17. The molecule has 0 aliphatic rings. The van der Waals surface area contributed by atoms with Gasteiger partial charge in [0.1, 0.15) is 0 Å². The van der Waals surface area contributed by atoms with E-state index in [2.05, 4.69) is 15.5 Å². The number of fused-ring (bicyclic) bond motifs is 1. The van der Waals surface area contributed by atoms with Crippen LogP contribution in [0.15, 0.2) is 53.8 Å². The summed E-state index contributed by atoms with van der Waals surface area (Å²) in [7, 11) is 0. The molecular formula is C16H11Cl2N3O. The summed E-state index contributed by atoms with van der Waals surface area (Å²) in [6, 6.07) is 12.8. The highest BCUT2D eigenvalue weighted by atomic mass is 35.5. The summed E-state index contributed by atoms with van der Waals surface area (Å²) in [6.45, 7) is 0. The van der Waals surface area contributed by atoms with E-state index in [1.54, 1.807) is 24.4 Å². The van der Waals surface area contributed by atoms with Crippen molar-refractivity contribution >= 4 is 46.2 Å². The van der Waals surface area contributed by atoms with E-state index < -0.39 is 0 Å². The minimum Gasteiger partial charge on any atom is -0.360 e. The van der Waals surface area contributed by atoms with Gasteiger partial charge in [0.2, 0.25) is 0 Å². The van der Waals surface area contributed by atoms with E-state index in [0.717, 1.165) is 10.9 Å². The number of carbonyl (C=O) groups excluding carboxylic acids is 1. The van der Waals surface area contributed by atoms with Gasteiger partial charge in [-0.15, -0.1) is 0 Å². The number of nitrogens with zero attached hydrogens (tertiary/aromatic N) is 1. The number of amides is 1. The molecule has 0 aliphatic heterocycles. The van der Waals surface area contributed by atoms with Crippen molar-refractivity contribution in [2.75, 3.05) is 0 Å². The number of hydrogen-bond acceptors (Lipinski definition) is 2. The highest BCUT2D eigenvalue weighted by molar-refractivity contribution is 6.43. The minimum atomic E-state index is -0.299. The van der Waals surface area contributed by atoms with Gasteiger partial charge in [-0.05, 0) is 12.1 Å². The summed E-state index contributed by atoms with van der Waals surface area (Å²) in [5.74, 6) is -0.299. The van der Waals surface area contributed by atoms with Crippen LogP contribution < -0.4 is 5.43 Å². The average Bonchev–Trinajstić information content (AvgIpc) is 2.95. The third-order valence-corrected chi connectivity index (χ3v) is 4.02. The third kappa shape index (κ3) is 2.84. The maximum Gasteiger partial charge on any atom is 0.273 e. The predicted octanol–water partition coefficient (Wildman–Crippen LogP) is 4.24. The first-order chi connectivity index (χ1) is 10.7. The molecule has 0 fully saturated rings. The van der Waals surface area contributed by atoms with E-state index in [1.807, 2.05) is 24.3 Å². The van der Waals surface area contributed by atoms with Crippen LogP contribution in [0.2, 0.25) is 10.0 Å². The predicted molar refractivity (Wildman–Crippen MR) is 89.8 cm³/mol. The molecule has 22 heavy (non-hydrogen) atoms. The van der Waals surface area contributed by atoms with Crippen LogP contribution in [-0.2, 0) is 0 Å². The summed E-state index contributed by atoms with van der Waals surface area (Å²) in [5.41, 5.74) is 4.54. The second-order valence-corrected chi connectivity index (χ2v) is 5.38. The van der Waals surface area contributed by atoms with Gasteiger partial charge >= 0.3 is 0 Å². The summed E-state index contributed by atoms with van der Waals surface area (Å²) >= 11 is 12.0.